The molecule has 6 nitrogen and oxygen atoms in total. The number of nitriles is 2. The lowest BCUT2D eigenvalue weighted by atomic mass is 9.98. The first-order chi connectivity index (χ1) is 8.57. The van der Waals surface area contributed by atoms with E-state index in [1.807, 2.05) is 6.07 Å². The number of hydrogen-bond acceptors (Lipinski definition) is 4. The fourth-order valence-electron chi connectivity index (χ4n) is 1.87. The van der Waals surface area contributed by atoms with Crippen LogP contribution >= 0.6 is 0 Å². The van der Waals surface area contributed by atoms with Crippen LogP contribution < -0.4 is 5.32 Å². The summed E-state index contributed by atoms with van der Waals surface area (Å²) in [5.41, 5.74) is -0.379. The lowest BCUT2D eigenvalue weighted by Crippen LogP contribution is -2.47. The van der Waals surface area contributed by atoms with Gasteiger partial charge < -0.3 is 5.32 Å². The topological polar surface area (TPSA) is 94.5 Å². The molecule has 0 radical (unpaired) electrons. The van der Waals surface area contributed by atoms with E-state index in [1.54, 1.807) is 6.92 Å². The average molecular weight is 243 g/mol. The van der Waals surface area contributed by atoms with E-state index in [4.69, 9.17) is 10.5 Å². The molecule has 1 fully saturated rings. The van der Waals surface area contributed by atoms with Crippen molar-refractivity contribution >= 4 is 5.91 Å². The molecule has 1 N–H and O–H groups in total. The molecule has 92 valence electrons. The summed E-state index contributed by atoms with van der Waals surface area (Å²) in [5, 5.41) is 24.4. The molecule has 1 aliphatic carbocycles. The van der Waals surface area contributed by atoms with E-state index in [9.17, 15) is 4.79 Å². The minimum absolute atomic E-state index is 0.0195. The predicted molar refractivity (Wildman–Crippen MR) is 61.8 cm³/mol. The van der Waals surface area contributed by atoms with Crippen LogP contribution in [0.15, 0.2) is 12.4 Å². The number of rotatable bonds is 4. The maximum absolute atomic E-state index is 11.8. The number of carbonyl (C=O) groups is 1. The summed E-state index contributed by atoms with van der Waals surface area (Å²) in [5.74, 6) is -0.0164. The van der Waals surface area contributed by atoms with Crippen LogP contribution in [0.5, 0.6) is 0 Å². The van der Waals surface area contributed by atoms with Crippen LogP contribution in [0.1, 0.15) is 25.3 Å². The van der Waals surface area contributed by atoms with Gasteiger partial charge in [0.15, 0.2) is 0 Å². The first kappa shape index (κ1) is 12.1. The minimum atomic E-state index is -0.789. The summed E-state index contributed by atoms with van der Waals surface area (Å²) >= 11 is 0. The fourth-order valence-corrected chi connectivity index (χ4v) is 1.87. The molecular formula is C12H13N5O. The van der Waals surface area contributed by atoms with Crippen LogP contribution in [-0.2, 0) is 11.3 Å². The van der Waals surface area contributed by atoms with Crippen molar-refractivity contribution in [1.29, 1.82) is 10.5 Å². The highest BCUT2D eigenvalue weighted by Gasteiger charge is 2.42. The summed E-state index contributed by atoms with van der Waals surface area (Å²) in [6.45, 7) is 1.76. The van der Waals surface area contributed by atoms with Crippen molar-refractivity contribution in [2.24, 2.45) is 5.92 Å². The zero-order valence-corrected chi connectivity index (χ0v) is 10.1. The molecule has 1 amide bonds. The lowest BCUT2D eigenvalue weighted by Gasteiger charge is -2.22. The fraction of sp³-hybridized carbons (Fsp3) is 0.500. The molecular weight excluding hydrogens is 230 g/mol. The smallest absolute Gasteiger partial charge is 0.242 e. The first-order valence-corrected chi connectivity index (χ1v) is 5.72. The van der Waals surface area contributed by atoms with Crippen LogP contribution in [-0.4, -0.2) is 21.2 Å². The highest BCUT2D eigenvalue weighted by Crippen LogP contribution is 2.39. The number of carbonyl (C=O) groups excluding carboxylic acids is 1. The van der Waals surface area contributed by atoms with E-state index in [-0.39, 0.29) is 18.4 Å². The van der Waals surface area contributed by atoms with Gasteiger partial charge in [-0.2, -0.15) is 15.6 Å². The molecule has 0 unspecified atom stereocenters. The highest BCUT2D eigenvalue weighted by atomic mass is 16.2. The third kappa shape index (κ3) is 2.49. The van der Waals surface area contributed by atoms with Gasteiger partial charge in [0, 0.05) is 6.20 Å². The molecule has 0 saturated heterocycles. The molecule has 1 saturated carbocycles. The second-order valence-electron chi connectivity index (χ2n) is 4.67. The van der Waals surface area contributed by atoms with Crippen LogP contribution in [0, 0.1) is 28.6 Å². The Morgan fingerprint density at radius 2 is 2.39 bits per heavy atom. The van der Waals surface area contributed by atoms with Gasteiger partial charge in [-0.15, -0.1) is 0 Å². The Hall–Kier alpha value is -2.34. The molecule has 0 bridgehead atoms. The number of amides is 1. The Labute approximate surface area is 105 Å². The van der Waals surface area contributed by atoms with E-state index < -0.39 is 5.54 Å². The van der Waals surface area contributed by atoms with E-state index in [1.165, 1.54) is 17.1 Å². The molecule has 0 spiro atoms. The summed E-state index contributed by atoms with van der Waals surface area (Å²) in [4.78, 5) is 11.8. The van der Waals surface area contributed by atoms with Gasteiger partial charge in [0.1, 0.15) is 18.2 Å². The molecule has 6 heteroatoms. The summed E-state index contributed by atoms with van der Waals surface area (Å²) in [7, 11) is 0. The second kappa shape index (κ2) is 4.50. The van der Waals surface area contributed by atoms with Gasteiger partial charge in [0.2, 0.25) is 5.91 Å². The molecule has 0 aliphatic heterocycles. The normalized spacial score (nSPS) is 17.3. The SMILES string of the molecule is C[C@](C#N)(NC(=O)Cn1cc(C#N)cn1)C1CC1. The van der Waals surface area contributed by atoms with E-state index in [2.05, 4.69) is 16.5 Å². The van der Waals surface area contributed by atoms with E-state index >= 15 is 0 Å². The maximum atomic E-state index is 11.8. The van der Waals surface area contributed by atoms with Crippen LogP contribution in [0.3, 0.4) is 0 Å². The zero-order chi connectivity index (χ0) is 13.2. The largest absolute Gasteiger partial charge is 0.336 e. The van der Waals surface area contributed by atoms with Gasteiger partial charge >= 0.3 is 0 Å². The van der Waals surface area contributed by atoms with Crippen molar-refractivity contribution in [2.75, 3.05) is 0 Å². The van der Waals surface area contributed by atoms with Crippen molar-refractivity contribution in [3.05, 3.63) is 18.0 Å². The van der Waals surface area contributed by atoms with Crippen molar-refractivity contribution in [2.45, 2.75) is 31.8 Å². The lowest BCUT2D eigenvalue weighted by molar-refractivity contribution is -0.123. The Morgan fingerprint density at radius 3 is 2.89 bits per heavy atom. The van der Waals surface area contributed by atoms with E-state index in [0.717, 1.165) is 12.8 Å². The van der Waals surface area contributed by atoms with Crippen molar-refractivity contribution in [3.8, 4) is 12.1 Å². The number of hydrogen-bond donors (Lipinski definition) is 1. The average Bonchev–Trinajstić information content (AvgIpc) is 3.11. The van der Waals surface area contributed by atoms with Gasteiger partial charge in [0.25, 0.3) is 0 Å². The minimum Gasteiger partial charge on any atom is -0.336 e. The van der Waals surface area contributed by atoms with Gasteiger partial charge in [-0.05, 0) is 25.7 Å². The summed E-state index contributed by atoms with van der Waals surface area (Å²) < 4.78 is 1.39. The third-order valence-corrected chi connectivity index (χ3v) is 3.09. The van der Waals surface area contributed by atoms with Crippen molar-refractivity contribution < 1.29 is 4.79 Å². The van der Waals surface area contributed by atoms with Gasteiger partial charge in [-0.1, -0.05) is 0 Å². The molecule has 0 aromatic carbocycles. The number of nitrogens with zero attached hydrogens (tertiary/aromatic N) is 4. The Kier molecular flexibility index (Phi) is 3.03. The molecule has 1 heterocycles. The molecule has 1 atom stereocenters. The quantitative estimate of drug-likeness (QED) is 0.836. The van der Waals surface area contributed by atoms with Crippen molar-refractivity contribution in [3.63, 3.8) is 0 Å². The standard InChI is InChI=1S/C12H13N5O/c1-12(8-14,10-2-3-10)16-11(18)7-17-6-9(4-13)5-15-17/h5-6,10H,2-3,7H2,1H3,(H,16,18)/t12-/m1/s1. The van der Waals surface area contributed by atoms with Crippen LogP contribution in [0.25, 0.3) is 0 Å². The molecule has 1 aromatic heterocycles. The molecule has 18 heavy (non-hydrogen) atoms. The first-order valence-electron chi connectivity index (χ1n) is 5.72. The monoisotopic (exact) mass is 243 g/mol. The number of nitrogens with one attached hydrogen (secondary N) is 1. The van der Waals surface area contributed by atoms with Gasteiger partial charge in [-0.3, -0.25) is 9.48 Å². The van der Waals surface area contributed by atoms with E-state index in [0.29, 0.717) is 5.56 Å². The second-order valence-corrected chi connectivity index (χ2v) is 4.67. The Balaban J connectivity index is 1.96. The molecule has 1 aliphatic rings. The summed E-state index contributed by atoms with van der Waals surface area (Å²) in [6, 6.07) is 4.10. The summed E-state index contributed by atoms with van der Waals surface area (Å²) in [6.07, 6.45) is 4.85. The Morgan fingerprint density at radius 1 is 1.67 bits per heavy atom. The van der Waals surface area contributed by atoms with Crippen LogP contribution in [0.2, 0.25) is 0 Å². The Bertz CT molecular complexity index is 546. The maximum Gasteiger partial charge on any atom is 0.242 e. The molecule has 2 rings (SSSR count). The number of aromatic nitrogens is 2. The highest BCUT2D eigenvalue weighted by molar-refractivity contribution is 5.77. The van der Waals surface area contributed by atoms with Gasteiger partial charge in [0.05, 0.1) is 17.8 Å². The third-order valence-electron chi connectivity index (χ3n) is 3.09. The van der Waals surface area contributed by atoms with Crippen LogP contribution in [0.4, 0.5) is 0 Å². The van der Waals surface area contributed by atoms with Gasteiger partial charge in [-0.25, -0.2) is 0 Å². The van der Waals surface area contributed by atoms with Crippen molar-refractivity contribution in [1.82, 2.24) is 15.1 Å². The zero-order valence-electron chi connectivity index (χ0n) is 10.1. The molecule has 1 aromatic rings. The predicted octanol–water partition coefficient (Wildman–Crippen LogP) is 0.563.